The van der Waals surface area contributed by atoms with Crippen LogP contribution in [0.15, 0.2) is 24.3 Å². The zero-order valence-corrected chi connectivity index (χ0v) is 13.4. The third-order valence-corrected chi connectivity index (χ3v) is 4.71. The molecule has 3 rings (SSSR count). The van der Waals surface area contributed by atoms with E-state index in [2.05, 4.69) is 22.2 Å². The average molecular weight is 332 g/mol. The van der Waals surface area contributed by atoms with Crippen LogP contribution in [0.2, 0.25) is 0 Å². The molecule has 0 saturated heterocycles. The standard InChI is InChI=1S/C15H16N4O3S/c1-18-7-6-11-13(9-18)23-15(16-11)17-14(20)8-10-4-2-3-5-12(10)19(21)22/h2-5H,6-9H2,1H3,(H,16,17,20). The summed E-state index contributed by atoms with van der Waals surface area (Å²) in [5.41, 5.74) is 1.40. The second-order valence-electron chi connectivity index (χ2n) is 5.49. The molecule has 2 aromatic rings. The van der Waals surface area contributed by atoms with Gasteiger partial charge in [0.1, 0.15) is 0 Å². The molecule has 1 N–H and O–H groups in total. The van der Waals surface area contributed by atoms with Crippen LogP contribution in [0.3, 0.4) is 0 Å². The number of carbonyl (C=O) groups excluding carboxylic acids is 1. The van der Waals surface area contributed by atoms with E-state index in [1.165, 1.54) is 22.3 Å². The predicted octanol–water partition coefficient (Wildman–Crippen LogP) is 2.22. The number of likely N-dealkylation sites (N-methyl/N-ethyl adjacent to an activating group) is 1. The molecular formula is C15H16N4O3S. The summed E-state index contributed by atoms with van der Waals surface area (Å²) in [7, 11) is 2.05. The molecule has 8 heteroatoms. The number of para-hydroxylation sites is 1. The molecule has 1 aromatic heterocycles. The Morgan fingerprint density at radius 3 is 3.04 bits per heavy atom. The van der Waals surface area contributed by atoms with Gasteiger partial charge in [0.05, 0.1) is 17.0 Å². The van der Waals surface area contributed by atoms with Crippen LogP contribution in [-0.2, 0) is 24.2 Å². The second kappa shape index (κ2) is 6.43. The van der Waals surface area contributed by atoms with Crippen LogP contribution < -0.4 is 5.32 Å². The summed E-state index contributed by atoms with van der Waals surface area (Å²) in [4.78, 5) is 30.5. The Hall–Kier alpha value is -2.32. The molecule has 120 valence electrons. The van der Waals surface area contributed by atoms with Crippen LogP contribution in [0.5, 0.6) is 0 Å². The molecule has 1 aromatic carbocycles. The Kier molecular flexibility index (Phi) is 4.35. The normalized spacial score (nSPS) is 14.3. The SMILES string of the molecule is CN1CCc2nc(NC(=O)Cc3ccccc3[N+](=O)[O-])sc2C1. The fourth-order valence-corrected chi connectivity index (χ4v) is 3.66. The van der Waals surface area contributed by atoms with Crippen molar-refractivity contribution < 1.29 is 9.72 Å². The van der Waals surface area contributed by atoms with Crippen molar-refractivity contribution in [1.29, 1.82) is 0 Å². The Morgan fingerprint density at radius 1 is 1.48 bits per heavy atom. The molecule has 0 unspecified atom stereocenters. The van der Waals surface area contributed by atoms with Crippen LogP contribution in [0.4, 0.5) is 10.8 Å². The molecule has 1 amide bonds. The van der Waals surface area contributed by atoms with Crippen molar-refractivity contribution >= 4 is 28.1 Å². The predicted molar refractivity (Wildman–Crippen MR) is 87.6 cm³/mol. The van der Waals surface area contributed by atoms with E-state index >= 15 is 0 Å². The van der Waals surface area contributed by atoms with E-state index in [0.717, 1.165) is 25.2 Å². The molecule has 2 heterocycles. The fraction of sp³-hybridized carbons (Fsp3) is 0.333. The summed E-state index contributed by atoms with van der Waals surface area (Å²) in [6.07, 6.45) is 0.837. The molecule has 0 bridgehead atoms. The van der Waals surface area contributed by atoms with Crippen molar-refractivity contribution in [2.24, 2.45) is 0 Å². The lowest BCUT2D eigenvalue weighted by Crippen LogP contribution is -2.25. The van der Waals surface area contributed by atoms with Crippen molar-refractivity contribution in [2.75, 3.05) is 18.9 Å². The molecule has 0 aliphatic carbocycles. The number of fused-ring (bicyclic) bond motifs is 1. The summed E-state index contributed by atoms with van der Waals surface area (Å²) < 4.78 is 0. The highest BCUT2D eigenvalue weighted by atomic mass is 32.1. The number of thiazole rings is 1. The maximum Gasteiger partial charge on any atom is 0.273 e. The molecule has 0 radical (unpaired) electrons. The van der Waals surface area contributed by atoms with Gasteiger partial charge in [-0.25, -0.2) is 4.98 Å². The monoisotopic (exact) mass is 332 g/mol. The van der Waals surface area contributed by atoms with Crippen molar-refractivity contribution in [2.45, 2.75) is 19.4 Å². The smallest absolute Gasteiger partial charge is 0.273 e. The number of nitrogens with one attached hydrogen (secondary N) is 1. The third kappa shape index (κ3) is 3.54. The van der Waals surface area contributed by atoms with E-state index in [4.69, 9.17) is 0 Å². The highest BCUT2D eigenvalue weighted by Gasteiger charge is 2.20. The van der Waals surface area contributed by atoms with E-state index in [1.807, 2.05) is 0 Å². The number of nitro groups is 1. The van der Waals surface area contributed by atoms with Gasteiger partial charge in [0.2, 0.25) is 5.91 Å². The number of amides is 1. The number of hydrogen-bond donors (Lipinski definition) is 1. The minimum absolute atomic E-state index is 0.0392. The van der Waals surface area contributed by atoms with E-state index < -0.39 is 4.92 Å². The van der Waals surface area contributed by atoms with Gasteiger partial charge in [0, 0.05) is 36.0 Å². The molecule has 0 saturated carbocycles. The summed E-state index contributed by atoms with van der Waals surface area (Å²) in [5, 5.41) is 14.3. The second-order valence-corrected chi connectivity index (χ2v) is 6.57. The lowest BCUT2D eigenvalue weighted by Gasteiger charge is -2.20. The van der Waals surface area contributed by atoms with Crippen LogP contribution in [-0.4, -0.2) is 34.3 Å². The molecule has 1 aliphatic heterocycles. The van der Waals surface area contributed by atoms with Crippen LogP contribution in [0.1, 0.15) is 16.1 Å². The summed E-state index contributed by atoms with van der Waals surface area (Å²) in [6, 6.07) is 6.28. The number of nitrogens with zero attached hydrogens (tertiary/aromatic N) is 3. The Bertz CT molecular complexity index is 759. The third-order valence-electron chi connectivity index (χ3n) is 3.71. The van der Waals surface area contributed by atoms with Crippen molar-refractivity contribution in [3.05, 3.63) is 50.5 Å². The molecule has 0 spiro atoms. The molecule has 23 heavy (non-hydrogen) atoms. The summed E-state index contributed by atoms with van der Waals surface area (Å²) in [6.45, 7) is 1.80. The largest absolute Gasteiger partial charge is 0.302 e. The topological polar surface area (TPSA) is 88.4 Å². The number of rotatable bonds is 4. The van der Waals surface area contributed by atoms with Gasteiger partial charge in [-0.2, -0.15) is 0 Å². The number of benzene rings is 1. The first-order valence-electron chi connectivity index (χ1n) is 7.22. The lowest BCUT2D eigenvalue weighted by atomic mass is 10.1. The Morgan fingerprint density at radius 2 is 2.26 bits per heavy atom. The van der Waals surface area contributed by atoms with Gasteiger partial charge in [0.25, 0.3) is 5.69 Å². The maximum absolute atomic E-state index is 12.2. The number of aromatic nitrogens is 1. The van der Waals surface area contributed by atoms with Crippen LogP contribution in [0, 0.1) is 10.1 Å². The summed E-state index contributed by atoms with van der Waals surface area (Å²) in [5.74, 6) is -0.293. The van der Waals surface area contributed by atoms with Crippen molar-refractivity contribution in [1.82, 2.24) is 9.88 Å². The first kappa shape index (κ1) is 15.6. The molecule has 1 aliphatic rings. The van der Waals surface area contributed by atoms with E-state index in [9.17, 15) is 14.9 Å². The van der Waals surface area contributed by atoms with Crippen LogP contribution in [0.25, 0.3) is 0 Å². The highest BCUT2D eigenvalue weighted by molar-refractivity contribution is 7.15. The number of nitro benzene ring substituents is 1. The molecule has 7 nitrogen and oxygen atoms in total. The number of anilines is 1. The Labute approximate surface area is 137 Å². The molecular weight excluding hydrogens is 316 g/mol. The Balaban J connectivity index is 1.70. The van der Waals surface area contributed by atoms with Gasteiger partial charge in [-0.1, -0.05) is 18.2 Å². The van der Waals surface area contributed by atoms with Gasteiger partial charge in [-0.3, -0.25) is 14.9 Å². The number of hydrogen-bond acceptors (Lipinski definition) is 6. The van der Waals surface area contributed by atoms with Crippen molar-refractivity contribution in [3.63, 3.8) is 0 Å². The van der Waals surface area contributed by atoms with Gasteiger partial charge in [-0.15, -0.1) is 11.3 Å². The van der Waals surface area contributed by atoms with E-state index in [1.54, 1.807) is 18.2 Å². The van der Waals surface area contributed by atoms with Gasteiger partial charge < -0.3 is 10.2 Å². The quantitative estimate of drug-likeness (QED) is 0.685. The zero-order valence-electron chi connectivity index (χ0n) is 12.6. The number of carbonyl (C=O) groups is 1. The minimum atomic E-state index is -0.472. The average Bonchev–Trinajstić information content (AvgIpc) is 2.88. The van der Waals surface area contributed by atoms with E-state index in [0.29, 0.717) is 10.7 Å². The van der Waals surface area contributed by atoms with Gasteiger partial charge >= 0.3 is 0 Å². The minimum Gasteiger partial charge on any atom is -0.302 e. The van der Waals surface area contributed by atoms with Crippen LogP contribution >= 0.6 is 11.3 Å². The lowest BCUT2D eigenvalue weighted by molar-refractivity contribution is -0.385. The first-order valence-corrected chi connectivity index (χ1v) is 8.04. The van der Waals surface area contributed by atoms with E-state index in [-0.39, 0.29) is 18.0 Å². The molecule has 0 fully saturated rings. The summed E-state index contributed by atoms with van der Waals surface area (Å²) >= 11 is 1.47. The van der Waals surface area contributed by atoms with Crippen molar-refractivity contribution in [3.8, 4) is 0 Å². The first-order chi connectivity index (χ1) is 11.0. The maximum atomic E-state index is 12.2. The van der Waals surface area contributed by atoms with Gasteiger partial charge in [-0.05, 0) is 7.05 Å². The highest BCUT2D eigenvalue weighted by Crippen LogP contribution is 2.28. The zero-order chi connectivity index (χ0) is 16.4. The molecule has 0 atom stereocenters. The fourth-order valence-electron chi connectivity index (χ4n) is 2.55. The van der Waals surface area contributed by atoms with Gasteiger partial charge in [0.15, 0.2) is 5.13 Å².